The lowest BCUT2D eigenvalue weighted by Gasteiger charge is -2.32. The van der Waals surface area contributed by atoms with Gasteiger partial charge in [0.05, 0.1) is 11.6 Å². The quantitative estimate of drug-likeness (QED) is 0.732. The van der Waals surface area contributed by atoms with Gasteiger partial charge in [-0.2, -0.15) is 5.26 Å². The lowest BCUT2D eigenvalue weighted by Crippen LogP contribution is -2.43. The van der Waals surface area contributed by atoms with Gasteiger partial charge in [0, 0.05) is 32.0 Å². The number of hydrogen-bond acceptors (Lipinski definition) is 7. The zero-order valence-corrected chi connectivity index (χ0v) is 17.8. The summed E-state index contributed by atoms with van der Waals surface area (Å²) in [7, 11) is 0. The number of rotatable bonds is 5. The minimum Gasteiger partial charge on any atom is -0.490 e. The first kappa shape index (κ1) is 21.7. The van der Waals surface area contributed by atoms with Crippen LogP contribution < -0.4 is 15.4 Å². The minimum absolute atomic E-state index is 0.0131. The summed E-state index contributed by atoms with van der Waals surface area (Å²) in [6, 6.07) is 12.4. The second-order valence-electron chi connectivity index (χ2n) is 8.05. The Morgan fingerprint density at radius 3 is 2.28 bits per heavy atom. The standard InChI is InChI=1S/C23H26N6O3/c24-15-16-1-3-18(4-2-16)32-19-9-13-29(14-10-19)23(31)21-6-5-20(27-28-21)22(30)26-17-7-11-25-12-8-17/h1-6,17,19,25H,7-14H2,(H,26,30). The Hall–Kier alpha value is -3.51. The maximum atomic E-state index is 12.8. The summed E-state index contributed by atoms with van der Waals surface area (Å²) in [5.74, 6) is 0.266. The molecule has 9 heteroatoms. The number of ether oxygens (including phenoxy) is 1. The van der Waals surface area contributed by atoms with Crippen molar-refractivity contribution in [2.24, 2.45) is 0 Å². The van der Waals surface area contributed by atoms with Crippen LogP contribution in [-0.4, -0.2) is 65.2 Å². The number of benzene rings is 1. The smallest absolute Gasteiger partial charge is 0.274 e. The molecular weight excluding hydrogens is 408 g/mol. The second kappa shape index (κ2) is 10.2. The van der Waals surface area contributed by atoms with Crippen LogP contribution in [0.4, 0.5) is 0 Å². The number of aromatic nitrogens is 2. The maximum absolute atomic E-state index is 12.8. The van der Waals surface area contributed by atoms with Crippen molar-refractivity contribution in [2.45, 2.75) is 37.8 Å². The molecule has 32 heavy (non-hydrogen) atoms. The average Bonchev–Trinajstić information content (AvgIpc) is 2.85. The van der Waals surface area contributed by atoms with Crippen LogP contribution in [0.15, 0.2) is 36.4 Å². The van der Waals surface area contributed by atoms with E-state index in [1.54, 1.807) is 41.3 Å². The fourth-order valence-corrected chi connectivity index (χ4v) is 3.93. The van der Waals surface area contributed by atoms with E-state index < -0.39 is 0 Å². The molecule has 2 fully saturated rings. The molecule has 2 aromatic rings. The lowest BCUT2D eigenvalue weighted by molar-refractivity contribution is 0.0588. The molecule has 0 bridgehead atoms. The van der Waals surface area contributed by atoms with Gasteiger partial charge in [0.2, 0.25) is 0 Å². The van der Waals surface area contributed by atoms with Crippen LogP contribution in [0.1, 0.15) is 52.2 Å². The van der Waals surface area contributed by atoms with E-state index >= 15 is 0 Å². The van der Waals surface area contributed by atoms with Gasteiger partial charge in [-0.15, -0.1) is 10.2 Å². The van der Waals surface area contributed by atoms with Crippen molar-refractivity contribution in [1.82, 2.24) is 25.7 Å². The first-order valence-corrected chi connectivity index (χ1v) is 10.9. The summed E-state index contributed by atoms with van der Waals surface area (Å²) in [4.78, 5) is 26.9. The summed E-state index contributed by atoms with van der Waals surface area (Å²) in [6.07, 6.45) is 3.20. The van der Waals surface area contributed by atoms with Crippen LogP contribution in [0.25, 0.3) is 0 Å². The van der Waals surface area contributed by atoms with Crippen LogP contribution in [0.3, 0.4) is 0 Å². The predicted molar refractivity (Wildman–Crippen MR) is 116 cm³/mol. The summed E-state index contributed by atoms with van der Waals surface area (Å²) in [5, 5.41) is 23.1. The molecule has 2 N–H and O–H groups in total. The molecule has 0 unspecified atom stereocenters. The highest BCUT2D eigenvalue weighted by molar-refractivity contribution is 5.94. The van der Waals surface area contributed by atoms with Gasteiger partial charge in [0.25, 0.3) is 11.8 Å². The molecule has 2 aliphatic heterocycles. The Bertz CT molecular complexity index is 972. The highest BCUT2D eigenvalue weighted by Gasteiger charge is 2.26. The summed E-state index contributed by atoms with van der Waals surface area (Å²) < 4.78 is 5.97. The molecule has 1 aromatic carbocycles. The minimum atomic E-state index is -0.260. The van der Waals surface area contributed by atoms with E-state index in [9.17, 15) is 9.59 Å². The number of amides is 2. The molecule has 0 spiro atoms. The highest BCUT2D eigenvalue weighted by atomic mass is 16.5. The van der Waals surface area contributed by atoms with Crippen LogP contribution in [-0.2, 0) is 0 Å². The van der Waals surface area contributed by atoms with E-state index in [2.05, 4.69) is 26.9 Å². The van der Waals surface area contributed by atoms with E-state index in [0.29, 0.717) is 31.5 Å². The number of carbonyl (C=O) groups is 2. The van der Waals surface area contributed by atoms with E-state index in [4.69, 9.17) is 10.00 Å². The third kappa shape index (κ3) is 5.39. The maximum Gasteiger partial charge on any atom is 0.274 e. The van der Waals surface area contributed by atoms with Crippen molar-refractivity contribution < 1.29 is 14.3 Å². The van der Waals surface area contributed by atoms with Gasteiger partial charge in [-0.05, 0) is 62.3 Å². The van der Waals surface area contributed by atoms with Crippen LogP contribution in [0.2, 0.25) is 0 Å². The molecule has 2 saturated heterocycles. The first-order valence-electron chi connectivity index (χ1n) is 10.9. The van der Waals surface area contributed by atoms with E-state index in [1.165, 1.54) is 0 Å². The average molecular weight is 435 g/mol. The number of nitrogens with one attached hydrogen (secondary N) is 2. The van der Waals surface area contributed by atoms with Crippen LogP contribution in [0, 0.1) is 11.3 Å². The van der Waals surface area contributed by atoms with Gasteiger partial charge in [-0.1, -0.05) is 0 Å². The molecular formula is C23H26N6O3. The Morgan fingerprint density at radius 2 is 1.66 bits per heavy atom. The Balaban J connectivity index is 1.27. The summed E-state index contributed by atoms with van der Waals surface area (Å²) in [5.41, 5.74) is 1.04. The monoisotopic (exact) mass is 434 g/mol. The van der Waals surface area contributed by atoms with Gasteiger partial charge in [-0.3, -0.25) is 9.59 Å². The van der Waals surface area contributed by atoms with Crippen LogP contribution in [0.5, 0.6) is 5.75 Å². The summed E-state index contributed by atoms with van der Waals surface area (Å²) >= 11 is 0. The number of piperidine rings is 2. The van der Waals surface area contributed by atoms with Crippen molar-refractivity contribution in [2.75, 3.05) is 26.2 Å². The van der Waals surface area contributed by atoms with Crippen molar-refractivity contribution in [1.29, 1.82) is 5.26 Å². The van der Waals surface area contributed by atoms with Gasteiger partial charge < -0.3 is 20.3 Å². The number of nitrogens with zero attached hydrogens (tertiary/aromatic N) is 4. The molecule has 9 nitrogen and oxygen atoms in total. The summed E-state index contributed by atoms with van der Waals surface area (Å²) in [6.45, 7) is 2.89. The van der Waals surface area contributed by atoms with E-state index in [0.717, 1.165) is 31.7 Å². The van der Waals surface area contributed by atoms with Gasteiger partial charge >= 0.3 is 0 Å². The Morgan fingerprint density at radius 1 is 1.00 bits per heavy atom. The predicted octanol–water partition coefficient (Wildman–Crippen LogP) is 1.51. The van der Waals surface area contributed by atoms with Crippen molar-refractivity contribution >= 4 is 11.8 Å². The molecule has 0 aliphatic carbocycles. The zero-order chi connectivity index (χ0) is 22.3. The first-order chi connectivity index (χ1) is 15.6. The molecule has 1 aromatic heterocycles. The molecule has 2 amide bonds. The highest BCUT2D eigenvalue weighted by Crippen LogP contribution is 2.20. The lowest BCUT2D eigenvalue weighted by atomic mass is 10.1. The Labute approximate surface area is 186 Å². The molecule has 0 saturated carbocycles. The number of likely N-dealkylation sites (tertiary alicyclic amines) is 1. The van der Waals surface area contributed by atoms with Crippen molar-refractivity contribution in [3.8, 4) is 11.8 Å². The second-order valence-corrected chi connectivity index (χ2v) is 8.05. The zero-order valence-electron chi connectivity index (χ0n) is 17.8. The van der Waals surface area contributed by atoms with E-state index in [1.807, 2.05) is 0 Å². The largest absolute Gasteiger partial charge is 0.490 e. The molecule has 0 atom stereocenters. The Kier molecular flexibility index (Phi) is 6.92. The van der Waals surface area contributed by atoms with Crippen molar-refractivity contribution in [3.05, 3.63) is 53.3 Å². The SMILES string of the molecule is N#Cc1ccc(OC2CCN(C(=O)c3ccc(C(=O)NC4CCNCC4)nn3)CC2)cc1. The number of nitriles is 1. The fourth-order valence-electron chi connectivity index (χ4n) is 3.93. The molecule has 2 aliphatic rings. The number of hydrogen-bond donors (Lipinski definition) is 2. The molecule has 3 heterocycles. The van der Waals surface area contributed by atoms with Gasteiger partial charge in [0.15, 0.2) is 11.4 Å². The molecule has 0 radical (unpaired) electrons. The fraction of sp³-hybridized carbons (Fsp3) is 0.435. The number of carbonyl (C=O) groups excluding carboxylic acids is 2. The van der Waals surface area contributed by atoms with Crippen molar-refractivity contribution in [3.63, 3.8) is 0 Å². The molecule has 166 valence electrons. The van der Waals surface area contributed by atoms with E-state index in [-0.39, 0.29) is 35.3 Å². The van der Waals surface area contributed by atoms with Gasteiger partial charge in [-0.25, -0.2) is 0 Å². The normalized spacial score (nSPS) is 17.4. The topological polar surface area (TPSA) is 120 Å². The third-order valence-electron chi connectivity index (χ3n) is 5.81. The molecule has 4 rings (SSSR count). The third-order valence-corrected chi connectivity index (χ3v) is 5.81. The van der Waals surface area contributed by atoms with Crippen LogP contribution >= 0.6 is 0 Å². The van der Waals surface area contributed by atoms with Gasteiger partial charge in [0.1, 0.15) is 11.9 Å².